The molecular formula is C24H25BrN4. The number of pyridine rings is 1. The van der Waals surface area contributed by atoms with E-state index in [9.17, 15) is 0 Å². The summed E-state index contributed by atoms with van der Waals surface area (Å²) in [5.41, 5.74) is 4.74. The quantitative estimate of drug-likeness (QED) is 0.356. The Morgan fingerprint density at radius 2 is 1.76 bits per heavy atom. The molecule has 2 heterocycles. The van der Waals surface area contributed by atoms with Crippen LogP contribution in [0, 0.1) is 0 Å². The van der Waals surface area contributed by atoms with Gasteiger partial charge in [0, 0.05) is 23.4 Å². The van der Waals surface area contributed by atoms with Crippen molar-refractivity contribution in [1.82, 2.24) is 19.4 Å². The molecule has 4 nitrogen and oxygen atoms in total. The van der Waals surface area contributed by atoms with Crippen molar-refractivity contribution in [3.63, 3.8) is 0 Å². The van der Waals surface area contributed by atoms with Gasteiger partial charge in [-0.1, -0.05) is 53.2 Å². The van der Waals surface area contributed by atoms with Gasteiger partial charge in [0.15, 0.2) is 0 Å². The molecule has 0 aliphatic heterocycles. The first-order chi connectivity index (χ1) is 14.2. The van der Waals surface area contributed by atoms with Crippen LogP contribution >= 0.6 is 15.9 Å². The number of imidazole rings is 1. The van der Waals surface area contributed by atoms with E-state index in [4.69, 9.17) is 4.98 Å². The van der Waals surface area contributed by atoms with Crippen molar-refractivity contribution in [2.75, 3.05) is 6.54 Å². The summed E-state index contributed by atoms with van der Waals surface area (Å²) in [5.74, 6) is 1.09. The monoisotopic (exact) mass is 448 g/mol. The van der Waals surface area contributed by atoms with Crippen molar-refractivity contribution < 1.29 is 0 Å². The maximum absolute atomic E-state index is 5.02. The number of fused-ring (bicyclic) bond motifs is 1. The van der Waals surface area contributed by atoms with E-state index >= 15 is 0 Å². The van der Waals surface area contributed by atoms with Crippen LogP contribution in [0.4, 0.5) is 0 Å². The van der Waals surface area contributed by atoms with Gasteiger partial charge in [-0.2, -0.15) is 0 Å². The van der Waals surface area contributed by atoms with Crippen LogP contribution in [0.2, 0.25) is 0 Å². The highest BCUT2D eigenvalue weighted by Crippen LogP contribution is 2.29. The lowest BCUT2D eigenvalue weighted by Crippen LogP contribution is -2.25. The number of nitrogens with zero attached hydrogens (tertiary/aromatic N) is 4. The van der Waals surface area contributed by atoms with Gasteiger partial charge in [-0.25, -0.2) is 4.98 Å². The molecule has 0 saturated carbocycles. The summed E-state index contributed by atoms with van der Waals surface area (Å²) in [4.78, 5) is 11.6. The molecule has 0 amide bonds. The predicted molar refractivity (Wildman–Crippen MR) is 122 cm³/mol. The summed E-state index contributed by atoms with van der Waals surface area (Å²) in [6, 6.07) is 21.3. The molecule has 4 rings (SSSR count). The smallest absolute Gasteiger partial charge is 0.124 e. The van der Waals surface area contributed by atoms with E-state index in [2.05, 4.69) is 105 Å². The second kappa shape index (κ2) is 8.89. The maximum atomic E-state index is 5.02. The van der Waals surface area contributed by atoms with Gasteiger partial charge in [0.05, 0.1) is 23.6 Å². The Labute approximate surface area is 180 Å². The number of hydrogen-bond donors (Lipinski definition) is 0. The van der Waals surface area contributed by atoms with E-state index < -0.39 is 0 Å². The van der Waals surface area contributed by atoms with Crippen LogP contribution in [0.5, 0.6) is 0 Å². The number of aromatic nitrogens is 3. The fourth-order valence-corrected chi connectivity index (χ4v) is 4.12. The van der Waals surface area contributed by atoms with Gasteiger partial charge < -0.3 is 4.57 Å². The van der Waals surface area contributed by atoms with Crippen LogP contribution in [0.25, 0.3) is 11.0 Å². The van der Waals surface area contributed by atoms with E-state index in [1.54, 1.807) is 0 Å². The third-order valence-electron chi connectivity index (χ3n) is 5.36. The van der Waals surface area contributed by atoms with Gasteiger partial charge in [-0.3, -0.25) is 9.88 Å². The van der Waals surface area contributed by atoms with Crippen molar-refractivity contribution in [3.05, 3.63) is 94.5 Å². The van der Waals surface area contributed by atoms with Gasteiger partial charge in [0.25, 0.3) is 0 Å². The summed E-state index contributed by atoms with van der Waals surface area (Å²) in [6.45, 7) is 7.08. The summed E-state index contributed by atoms with van der Waals surface area (Å²) < 4.78 is 3.45. The number of hydrogen-bond acceptors (Lipinski definition) is 3. The first-order valence-electron chi connectivity index (χ1n) is 9.98. The topological polar surface area (TPSA) is 34.0 Å². The Kier molecular flexibility index (Phi) is 6.07. The normalized spacial score (nSPS) is 12.6. The predicted octanol–water partition coefficient (Wildman–Crippen LogP) is 5.83. The molecule has 5 heteroatoms. The molecule has 0 radical (unpaired) electrons. The Hall–Kier alpha value is -2.50. The molecule has 0 N–H and O–H groups in total. The summed E-state index contributed by atoms with van der Waals surface area (Å²) in [6.07, 6.45) is 3.71. The first kappa shape index (κ1) is 19.8. The van der Waals surface area contributed by atoms with Gasteiger partial charge >= 0.3 is 0 Å². The summed E-state index contributed by atoms with van der Waals surface area (Å²) in [5, 5.41) is 0. The second-order valence-electron chi connectivity index (χ2n) is 7.28. The standard InChI is InChI=1S/C24H25BrN4/c1-3-28(16-19-11-13-26-14-12-19)17-24-27-22-10-9-21(25)15-23(22)29(24)18(2)20-7-5-4-6-8-20/h4-15,18H,3,16-17H2,1-2H3. The average Bonchev–Trinajstić information content (AvgIpc) is 3.11. The maximum Gasteiger partial charge on any atom is 0.124 e. The van der Waals surface area contributed by atoms with Crippen LogP contribution in [0.3, 0.4) is 0 Å². The Bertz CT molecular complexity index is 1080. The lowest BCUT2D eigenvalue weighted by atomic mass is 10.1. The van der Waals surface area contributed by atoms with Crippen molar-refractivity contribution in [2.45, 2.75) is 33.0 Å². The SMILES string of the molecule is CCN(Cc1ccncc1)Cc1nc2ccc(Br)cc2n1C(C)c1ccccc1. The molecule has 0 saturated heterocycles. The third-order valence-corrected chi connectivity index (χ3v) is 5.85. The Morgan fingerprint density at radius 1 is 1.00 bits per heavy atom. The number of rotatable bonds is 7. The highest BCUT2D eigenvalue weighted by molar-refractivity contribution is 9.10. The largest absolute Gasteiger partial charge is 0.320 e. The zero-order chi connectivity index (χ0) is 20.2. The molecule has 0 spiro atoms. The van der Waals surface area contributed by atoms with E-state index in [0.29, 0.717) is 0 Å². The van der Waals surface area contributed by atoms with Crippen LogP contribution in [0.1, 0.15) is 36.8 Å². The van der Waals surface area contributed by atoms with Crippen molar-refractivity contribution in [1.29, 1.82) is 0 Å². The number of benzene rings is 2. The molecule has 148 valence electrons. The highest BCUT2D eigenvalue weighted by atomic mass is 79.9. The fourth-order valence-electron chi connectivity index (χ4n) is 3.77. The van der Waals surface area contributed by atoms with Crippen LogP contribution in [-0.4, -0.2) is 26.0 Å². The van der Waals surface area contributed by atoms with Gasteiger partial charge in [-0.15, -0.1) is 0 Å². The number of halogens is 1. The Balaban J connectivity index is 1.73. The summed E-state index contributed by atoms with van der Waals surface area (Å²) in [7, 11) is 0. The lowest BCUT2D eigenvalue weighted by Gasteiger charge is -2.23. The molecule has 29 heavy (non-hydrogen) atoms. The molecule has 0 aliphatic rings. The van der Waals surface area contributed by atoms with Crippen molar-refractivity contribution in [3.8, 4) is 0 Å². The molecule has 0 bridgehead atoms. The molecule has 2 aromatic heterocycles. The molecule has 4 aromatic rings. The molecule has 0 fully saturated rings. The van der Waals surface area contributed by atoms with Gasteiger partial charge in [-0.05, 0) is 54.9 Å². The van der Waals surface area contributed by atoms with Crippen molar-refractivity contribution >= 4 is 27.0 Å². The van der Waals surface area contributed by atoms with Crippen LogP contribution in [-0.2, 0) is 13.1 Å². The van der Waals surface area contributed by atoms with Crippen LogP contribution < -0.4 is 0 Å². The van der Waals surface area contributed by atoms with Gasteiger partial charge in [0.1, 0.15) is 5.82 Å². The fraction of sp³-hybridized carbons (Fsp3) is 0.250. The zero-order valence-corrected chi connectivity index (χ0v) is 18.4. The van der Waals surface area contributed by atoms with Crippen molar-refractivity contribution in [2.24, 2.45) is 0 Å². The molecule has 0 aliphatic carbocycles. The molecule has 1 atom stereocenters. The zero-order valence-electron chi connectivity index (χ0n) is 16.8. The van der Waals surface area contributed by atoms with E-state index in [1.807, 2.05) is 12.4 Å². The summed E-state index contributed by atoms with van der Waals surface area (Å²) >= 11 is 3.63. The Morgan fingerprint density at radius 3 is 2.48 bits per heavy atom. The third kappa shape index (κ3) is 4.41. The second-order valence-corrected chi connectivity index (χ2v) is 8.19. The minimum Gasteiger partial charge on any atom is -0.320 e. The van der Waals surface area contributed by atoms with Gasteiger partial charge in [0.2, 0.25) is 0 Å². The molecule has 1 unspecified atom stereocenters. The first-order valence-corrected chi connectivity index (χ1v) is 10.8. The highest BCUT2D eigenvalue weighted by Gasteiger charge is 2.19. The van der Waals surface area contributed by atoms with E-state index in [1.165, 1.54) is 11.1 Å². The van der Waals surface area contributed by atoms with E-state index in [0.717, 1.165) is 41.0 Å². The average molecular weight is 449 g/mol. The minimum atomic E-state index is 0.199. The minimum absolute atomic E-state index is 0.199. The molecule has 2 aromatic carbocycles. The van der Waals surface area contributed by atoms with Crippen LogP contribution in [0.15, 0.2) is 77.5 Å². The lowest BCUT2D eigenvalue weighted by molar-refractivity contribution is 0.260. The molecular weight excluding hydrogens is 424 g/mol. The van der Waals surface area contributed by atoms with E-state index in [-0.39, 0.29) is 6.04 Å².